The number of alkyl halides is 3. The van der Waals surface area contributed by atoms with E-state index < -0.39 is 29.2 Å². The van der Waals surface area contributed by atoms with Crippen molar-refractivity contribution in [2.75, 3.05) is 13.7 Å². The summed E-state index contributed by atoms with van der Waals surface area (Å²) in [6, 6.07) is 10.5. The van der Waals surface area contributed by atoms with Crippen LogP contribution in [-0.4, -0.2) is 13.7 Å². The van der Waals surface area contributed by atoms with E-state index in [-0.39, 0.29) is 18.4 Å². The predicted octanol–water partition coefficient (Wildman–Crippen LogP) is 7.98. The van der Waals surface area contributed by atoms with Crippen molar-refractivity contribution in [2.45, 2.75) is 50.6 Å². The van der Waals surface area contributed by atoms with Gasteiger partial charge in [-0.25, -0.2) is 13.2 Å². The average Bonchev–Trinajstić information content (AvgIpc) is 2.78. The lowest BCUT2D eigenvalue weighted by Gasteiger charge is -2.28. The van der Waals surface area contributed by atoms with E-state index in [2.05, 4.69) is 0 Å². The lowest BCUT2D eigenvalue weighted by Crippen LogP contribution is -2.17. The minimum Gasteiger partial charge on any atom is -0.384 e. The van der Waals surface area contributed by atoms with Crippen LogP contribution in [0, 0.1) is 23.4 Å². The topological polar surface area (TPSA) is 9.23 Å². The van der Waals surface area contributed by atoms with Gasteiger partial charge in [0.2, 0.25) is 0 Å². The molecule has 0 aliphatic heterocycles. The SMILES string of the molecule is COCC1CCC(c2ccc3c(F)c(CCc4cc(F)c(C(F)(F)F)c(F)c4)ccc3c2)CC1. The Morgan fingerprint density at radius 3 is 2.15 bits per heavy atom. The first-order valence-electron chi connectivity index (χ1n) is 11.4. The maximum Gasteiger partial charge on any atom is 0.422 e. The Balaban J connectivity index is 1.48. The normalized spacial score (nSPS) is 19.0. The molecule has 1 aliphatic carbocycles. The molecule has 1 saturated carbocycles. The van der Waals surface area contributed by atoms with Crippen LogP contribution in [0.25, 0.3) is 10.8 Å². The van der Waals surface area contributed by atoms with Crippen molar-refractivity contribution >= 4 is 10.8 Å². The molecule has 0 amide bonds. The molecule has 0 bridgehead atoms. The zero-order chi connectivity index (χ0) is 24.5. The maximum atomic E-state index is 15.1. The number of hydrogen-bond donors (Lipinski definition) is 0. The lowest BCUT2D eigenvalue weighted by molar-refractivity contribution is -0.142. The van der Waals surface area contributed by atoms with E-state index in [4.69, 9.17) is 4.74 Å². The second-order valence-corrected chi connectivity index (χ2v) is 9.12. The van der Waals surface area contributed by atoms with Gasteiger partial charge in [-0.3, -0.25) is 0 Å². The summed E-state index contributed by atoms with van der Waals surface area (Å²) in [5.74, 6) is -2.71. The number of halogens is 6. The van der Waals surface area contributed by atoms with Crippen LogP contribution < -0.4 is 0 Å². The molecule has 0 saturated heterocycles. The molecular formula is C27H26F6O. The summed E-state index contributed by atoms with van der Waals surface area (Å²) in [4.78, 5) is 0. The minimum atomic E-state index is -5.11. The van der Waals surface area contributed by atoms with Gasteiger partial charge >= 0.3 is 6.18 Å². The summed E-state index contributed by atoms with van der Waals surface area (Å²) in [6.45, 7) is 0.782. The fraction of sp³-hybridized carbons (Fsp3) is 0.407. The van der Waals surface area contributed by atoms with Gasteiger partial charge in [0.1, 0.15) is 23.0 Å². The largest absolute Gasteiger partial charge is 0.422 e. The first-order valence-corrected chi connectivity index (χ1v) is 11.4. The van der Waals surface area contributed by atoms with E-state index in [0.29, 0.717) is 34.9 Å². The van der Waals surface area contributed by atoms with Gasteiger partial charge in [-0.1, -0.05) is 30.3 Å². The Bertz CT molecular complexity index is 1140. The van der Waals surface area contributed by atoms with Crippen LogP contribution in [0.2, 0.25) is 0 Å². The maximum absolute atomic E-state index is 15.1. The second kappa shape index (κ2) is 9.98. The Morgan fingerprint density at radius 1 is 0.853 bits per heavy atom. The molecule has 0 spiro atoms. The average molecular weight is 480 g/mol. The van der Waals surface area contributed by atoms with E-state index >= 15 is 4.39 Å². The predicted molar refractivity (Wildman–Crippen MR) is 119 cm³/mol. The highest BCUT2D eigenvalue weighted by Crippen LogP contribution is 2.38. The Kier molecular flexibility index (Phi) is 7.22. The molecule has 0 N–H and O–H groups in total. The van der Waals surface area contributed by atoms with Gasteiger partial charge in [0.15, 0.2) is 0 Å². The number of fused-ring (bicyclic) bond motifs is 1. The molecular weight excluding hydrogens is 454 g/mol. The number of hydrogen-bond acceptors (Lipinski definition) is 1. The molecule has 3 aromatic rings. The molecule has 34 heavy (non-hydrogen) atoms. The highest BCUT2D eigenvalue weighted by Gasteiger charge is 2.37. The third kappa shape index (κ3) is 5.24. The van der Waals surface area contributed by atoms with Crippen molar-refractivity contribution in [3.8, 4) is 0 Å². The van der Waals surface area contributed by atoms with Gasteiger partial charge < -0.3 is 4.74 Å². The molecule has 1 nitrogen and oxygen atoms in total. The first kappa shape index (κ1) is 24.6. The zero-order valence-electron chi connectivity index (χ0n) is 18.8. The van der Waals surface area contributed by atoms with Gasteiger partial charge in [0.25, 0.3) is 0 Å². The summed E-state index contributed by atoms with van der Waals surface area (Å²) in [6.07, 6.45) is -0.640. The summed E-state index contributed by atoms with van der Waals surface area (Å²) in [5.41, 5.74) is -0.328. The van der Waals surface area contributed by atoms with E-state index in [1.54, 1.807) is 19.2 Å². The van der Waals surface area contributed by atoms with E-state index in [9.17, 15) is 22.0 Å². The number of benzene rings is 3. The second-order valence-electron chi connectivity index (χ2n) is 9.12. The van der Waals surface area contributed by atoms with Crippen LogP contribution >= 0.6 is 0 Å². The minimum absolute atomic E-state index is 0.0111. The first-order chi connectivity index (χ1) is 16.2. The smallest absolute Gasteiger partial charge is 0.384 e. The molecule has 182 valence electrons. The van der Waals surface area contributed by atoms with Crippen LogP contribution in [0.15, 0.2) is 42.5 Å². The molecule has 1 fully saturated rings. The summed E-state index contributed by atoms with van der Waals surface area (Å²) < 4.78 is 86.3. The van der Waals surface area contributed by atoms with Crippen LogP contribution in [0.3, 0.4) is 0 Å². The fourth-order valence-corrected chi connectivity index (χ4v) is 5.02. The molecule has 4 rings (SSSR count). The molecule has 0 radical (unpaired) electrons. The number of ether oxygens (including phenoxy) is 1. The van der Waals surface area contributed by atoms with Crippen molar-refractivity contribution in [3.63, 3.8) is 0 Å². The summed E-state index contributed by atoms with van der Waals surface area (Å²) >= 11 is 0. The zero-order valence-corrected chi connectivity index (χ0v) is 18.8. The van der Waals surface area contributed by atoms with Crippen molar-refractivity contribution < 1.29 is 31.1 Å². The third-order valence-corrected chi connectivity index (χ3v) is 6.85. The summed E-state index contributed by atoms with van der Waals surface area (Å²) in [7, 11) is 1.72. The summed E-state index contributed by atoms with van der Waals surface area (Å²) in [5, 5.41) is 1.24. The van der Waals surface area contributed by atoms with E-state index in [1.807, 2.05) is 18.2 Å². The van der Waals surface area contributed by atoms with Crippen molar-refractivity contribution in [2.24, 2.45) is 5.92 Å². The van der Waals surface area contributed by atoms with Gasteiger partial charge in [0, 0.05) is 19.1 Å². The monoisotopic (exact) mass is 480 g/mol. The van der Waals surface area contributed by atoms with Crippen LogP contribution in [-0.2, 0) is 23.8 Å². The molecule has 0 aromatic heterocycles. The molecule has 1 aliphatic rings. The highest BCUT2D eigenvalue weighted by molar-refractivity contribution is 5.84. The molecule has 0 heterocycles. The highest BCUT2D eigenvalue weighted by atomic mass is 19.4. The van der Waals surface area contributed by atoms with Crippen LogP contribution in [0.1, 0.15) is 53.9 Å². The number of methoxy groups -OCH3 is 1. The fourth-order valence-electron chi connectivity index (χ4n) is 5.02. The Hall–Kier alpha value is -2.54. The Labute approximate surface area is 194 Å². The van der Waals surface area contributed by atoms with Gasteiger partial charge in [-0.15, -0.1) is 0 Å². The molecule has 0 unspecified atom stereocenters. The standard InChI is InChI=1S/C27H26F6O/c1-34-15-16-2-5-18(6-3-16)20-10-11-22-21(14-20)9-8-19(26(22)30)7-4-17-12-23(28)25(24(29)13-17)27(31,32)33/h8-14,16,18H,2-7,15H2,1H3. The van der Waals surface area contributed by atoms with Crippen molar-refractivity contribution in [1.82, 2.24) is 0 Å². The van der Waals surface area contributed by atoms with Crippen molar-refractivity contribution in [3.05, 3.63) is 82.2 Å². The molecule has 7 heteroatoms. The molecule has 3 aromatic carbocycles. The number of rotatable bonds is 6. The van der Waals surface area contributed by atoms with Gasteiger partial charge in [-0.05, 0) is 84.6 Å². The van der Waals surface area contributed by atoms with Crippen LogP contribution in [0.4, 0.5) is 26.3 Å². The Morgan fingerprint density at radius 2 is 1.53 bits per heavy atom. The molecule has 0 atom stereocenters. The third-order valence-electron chi connectivity index (χ3n) is 6.85. The van der Waals surface area contributed by atoms with Crippen LogP contribution in [0.5, 0.6) is 0 Å². The van der Waals surface area contributed by atoms with E-state index in [1.165, 1.54) is 5.56 Å². The quantitative estimate of drug-likeness (QED) is 0.325. The number of aryl methyl sites for hydroxylation is 2. The van der Waals surface area contributed by atoms with Gasteiger partial charge in [-0.2, -0.15) is 13.2 Å². The lowest BCUT2D eigenvalue weighted by atomic mass is 9.78. The van der Waals surface area contributed by atoms with E-state index in [0.717, 1.165) is 37.7 Å². The van der Waals surface area contributed by atoms with Crippen molar-refractivity contribution in [1.29, 1.82) is 0 Å². The van der Waals surface area contributed by atoms with Gasteiger partial charge in [0.05, 0.1) is 0 Å².